The van der Waals surface area contributed by atoms with E-state index in [0.29, 0.717) is 6.04 Å². The molecule has 1 amide bonds. The molecule has 1 aliphatic rings. The molecule has 3 nitrogen and oxygen atoms in total. The van der Waals surface area contributed by atoms with Crippen LogP contribution in [-0.2, 0) is 0 Å². The van der Waals surface area contributed by atoms with E-state index in [4.69, 9.17) is 0 Å². The van der Waals surface area contributed by atoms with Crippen LogP contribution in [0.25, 0.3) is 0 Å². The van der Waals surface area contributed by atoms with Crippen LogP contribution in [-0.4, -0.2) is 24.5 Å². The van der Waals surface area contributed by atoms with E-state index in [-0.39, 0.29) is 11.9 Å². The van der Waals surface area contributed by atoms with E-state index in [2.05, 4.69) is 33.5 Å². The van der Waals surface area contributed by atoms with Gasteiger partial charge >= 0.3 is 0 Å². The third-order valence-electron chi connectivity index (χ3n) is 3.38. The van der Waals surface area contributed by atoms with Gasteiger partial charge in [0.05, 0.1) is 0 Å². The number of hydrogen-bond donors (Lipinski definition) is 2. The second-order valence-electron chi connectivity index (χ2n) is 5.01. The lowest BCUT2D eigenvalue weighted by atomic mass is 10.00. The summed E-state index contributed by atoms with van der Waals surface area (Å²) in [6.45, 7) is 5.13. The van der Waals surface area contributed by atoms with Gasteiger partial charge in [-0.05, 0) is 57.0 Å². The lowest BCUT2D eigenvalue weighted by Crippen LogP contribution is -2.46. The standard InChI is InChI=1S/C14H19BrN2O/c1-9-7-11(3-4-13(9)15)14(18)17-12-5-6-16-10(2)8-12/h3-4,7,10,12,16H,5-6,8H2,1-2H3,(H,17,18). The molecule has 1 aromatic carbocycles. The number of hydrogen-bond acceptors (Lipinski definition) is 2. The van der Waals surface area contributed by atoms with Gasteiger partial charge in [-0.3, -0.25) is 4.79 Å². The smallest absolute Gasteiger partial charge is 0.251 e. The van der Waals surface area contributed by atoms with Gasteiger partial charge in [0.15, 0.2) is 0 Å². The largest absolute Gasteiger partial charge is 0.349 e. The van der Waals surface area contributed by atoms with Crippen molar-refractivity contribution in [2.24, 2.45) is 0 Å². The van der Waals surface area contributed by atoms with E-state index < -0.39 is 0 Å². The average Bonchev–Trinajstić information content (AvgIpc) is 2.32. The number of benzene rings is 1. The van der Waals surface area contributed by atoms with Crippen LogP contribution in [0.5, 0.6) is 0 Å². The Kier molecular flexibility index (Phi) is 4.40. The zero-order valence-corrected chi connectivity index (χ0v) is 12.4. The highest BCUT2D eigenvalue weighted by molar-refractivity contribution is 9.10. The monoisotopic (exact) mass is 310 g/mol. The van der Waals surface area contributed by atoms with Crippen LogP contribution in [0, 0.1) is 6.92 Å². The number of carbonyl (C=O) groups excluding carboxylic acids is 1. The SMILES string of the molecule is Cc1cc(C(=O)NC2CCNC(C)C2)ccc1Br. The highest BCUT2D eigenvalue weighted by atomic mass is 79.9. The Balaban J connectivity index is 2.00. The van der Waals surface area contributed by atoms with Crippen molar-refractivity contribution in [3.63, 3.8) is 0 Å². The highest BCUT2D eigenvalue weighted by Gasteiger charge is 2.20. The summed E-state index contributed by atoms with van der Waals surface area (Å²) in [5, 5.41) is 6.50. The second kappa shape index (κ2) is 5.85. The Labute approximate surface area is 116 Å². The molecule has 0 radical (unpaired) electrons. The third-order valence-corrected chi connectivity index (χ3v) is 4.27. The van der Waals surface area contributed by atoms with E-state index >= 15 is 0 Å². The molecular formula is C14H19BrN2O. The maximum absolute atomic E-state index is 12.1. The molecule has 2 rings (SSSR count). The number of carbonyl (C=O) groups is 1. The molecule has 0 saturated carbocycles. The van der Waals surface area contributed by atoms with Crippen molar-refractivity contribution in [1.82, 2.24) is 10.6 Å². The molecule has 4 heteroatoms. The minimum Gasteiger partial charge on any atom is -0.349 e. The minimum atomic E-state index is 0.0321. The normalized spacial score (nSPS) is 23.7. The van der Waals surface area contributed by atoms with Crippen LogP contribution in [0.15, 0.2) is 22.7 Å². The molecule has 18 heavy (non-hydrogen) atoms. The maximum atomic E-state index is 12.1. The predicted molar refractivity (Wildman–Crippen MR) is 76.8 cm³/mol. The fourth-order valence-corrected chi connectivity index (χ4v) is 2.56. The van der Waals surface area contributed by atoms with E-state index in [1.54, 1.807) is 0 Å². The molecule has 1 saturated heterocycles. The van der Waals surface area contributed by atoms with Crippen LogP contribution in [0.2, 0.25) is 0 Å². The van der Waals surface area contributed by atoms with Crippen LogP contribution in [0.4, 0.5) is 0 Å². The van der Waals surface area contributed by atoms with Gasteiger partial charge in [-0.15, -0.1) is 0 Å². The molecule has 0 bridgehead atoms. The first kappa shape index (κ1) is 13.6. The van der Waals surface area contributed by atoms with Gasteiger partial charge in [0.2, 0.25) is 0 Å². The van der Waals surface area contributed by atoms with Gasteiger partial charge in [0.1, 0.15) is 0 Å². The summed E-state index contributed by atoms with van der Waals surface area (Å²) in [5.41, 5.74) is 1.82. The van der Waals surface area contributed by atoms with Gasteiger partial charge in [-0.25, -0.2) is 0 Å². The van der Waals surface area contributed by atoms with E-state index in [0.717, 1.165) is 35.0 Å². The first-order chi connectivity index (χ1) is 8.56. The fraction of sp³-hybridized carbons (Fsp3) is 0.500. The molecule has 2 unspecified atom stereocenters. The van der Waals surface area contributed by atoms with Crippen molar-refractivity contribution in [2.45, 2.75) is 38.8 Å². The number of amides is 1. The van der Waals surface area contributed by atoms with E-state index in [9.17, 15) is 4.79 Å². The van der Waals surface area contributed by atoms with Gasteiger partial charge in [0, 0.05) is 22.1 Å². The van der Waals surface area contributed by atoms with Crippen molar-refractivity contribution >= 4 is 21.8 Å². The molecule has 98 valence electrons. The molecule has 1 aromatic rings. The number of rotatable bonds is 2. The average molecular weight is 311 g/mol. The minimum absolute atomic E-state index is 0.0321. The van der Waals surface area contributed by atoms with E-state index in [1.165, 1.54) is 0 Å². The zero-order valence-electron chi connectivity index (χ0n) is 10.8. The van der Waals surface area contributed by atoms with Gasteiger partial charge in [-0.1, -0.05) is 15.9 Å². The predicted octanol–water partition coefficient (Wildman–Crippen LogP) is 2.63. The molecular weight excluding hydrogens is 292 g/mol. The molecule has 1 fully saturated rings. The number of nitrogens with one attached hydrogen (secondary N) is 2. The fourth-order valence-electron chi connectivity index (χ4n) is 2.32. The van der Waals surface area contributed by atoms with Crippen molar-refractivity contribution in [3.8, 4) is 0 Å². The van der Waals surface area contributed by atoms with Gasteiger partial charge < -0.3 is 10.6 Å². The number of aryl methyl sites for hydroxylation is 1. The number of halogens is 1. The van der Waals surface area contributed by atoms with E-state index in [1.807, 2.05) is 25.1 Å². The third kappa shape index (κ3) is 3.33. The molecule has 1 aliphatic heterocycles. The summed E-state index contributed by atoms with van der Waals surface area (Å²) in [7, 11) is 0. The molecule has 0 aromatic heterocycles. The Bertz CT molecular complexity index is 447. The molecule has 2 atom stereocenters. The first-order valence-electron chi connectivity index (χ1n) is 6.36. The summed E-state index contributed by atoms with van der Waals surface area (Å²) in [5.74, 6) is 0.0321. The van der Waals surface area contributed by atoms with Crippen LogP contribution in [0.3, 0.4) is 0 Å². The van der Waals surface area contributed by atoms with Crippen LogP contribution in [0.1, 0.15) is 35.7 Å². The quantitative estimate of drug-likeness (QED) is 0.881. The summed E-state index contributed by atoms with van der Waals surface area (Å²) in [4.78, 5) is 12.1. The van der Waals surface area contributed by atoms with Gasteiger partial charge in [-0.2, -0.15) is 0 Å². The lowest BCUT2D eigenvalue weighted by Gasteiger charge is -2.28. The summed E-state index contributed by atoms with van der Waals surface area (Å²) in [6, 6.07) is 6.48. The Morgan fingerprint density at radius 3 is 2.94 bits per heavy atom. The van der Waals surface area contributed by atoms with Crippen molar-refractivity contribution in [1.29, 1.82) is 0 Å². The van der Waals surface area contributed by atoms with Gasteiger partial charge in [0.25, 0.3) is 5.91 Å². The molecule has 1 heterocycles. The Morgan fingerprint density at radius 2 is 2.28 bits per heavy atom. The van der Waals surface area contributed by atoms with Crippen molar-refractivity contribution in [3.05, 3.63) is 33.8 Å². The Hall–Kier alpha value is -0.870. The highest BCUT2D eigenvalue weighted by Crippen LogP contribution is 2.17. The topological polar surface area (TPSA) is 41.1 Å². The molecule has 2 N–H and O–H groups in total. The first-order valence-corrected chi connectivity index (χ1v) is 7.16. The summed E-state index contributed by atoms with van der Waals surface area (Å²) >= 11 is 3.44. The van der Waals surface area contributed by atoms with Crippen LogP contribution >= 0.6 is 15.9 Å². The lowest BCUT2D eigenvalue weighted by molar-refractivity contribution is 0.0925. The molecule has 0 aliphatic carbocycles. The summed E-state index contributed by atoms with van der Waals surface area (Å²) < 4.78 is 1.04. The second-order valence-corrected chi connectivity index (χ2v) is 5.87. The summed E-state index contributed by atoms with van der Waals surface area (Å²) in [6.07, 6.45) is 2.01. The molecule has 0 spiro atoms. The Morgan fingerprint density at radius 1 is 1.50 bits per heavy atom. The maximum Gasteiger partial charge on any atom is 0.251 e. The number of piperidine rings is 1. The zero-order chi connectivity index (χ0) is 13.1. The van der Waals surface area contributed by atoms with Crippen molar-refractivity contribution in [2.75, 3.05) is 6.54 Å². The van der Waals surface area contributed by atoms with Crippen molar-refractivity contribution < 1.29 is 4.79 Å². The van der Waals surface area contributed by atoms with Crippen LogP contribution < -0.4 is 10.6 Å².